The number of phenolic OH excluding ortho intramolecular Hbond substituents is 1. The lowest BCUT2D eigenvalue weighted by molar-refractivity contribution is -0.114. The highest BCUT2D eigenvalue weighted by Crippen LogP contribution is 2.23. The molecule has 0 fully saturated rings. The van der Waals surface area contributed by atoms with Gasteiger partial charge in [-0.15, -0.1) is 0 Å². The van der Waals surface area contributed by atoms with E-state index in [2.05, 4.69) is 16.0 Å². The van der Waals surface area contributed by atoms with Gasteiger partial charge in [0, 0.05) is 35.4 Å². The van der Waals surface area contributed by atoms with Gasteiger partial charge in [-0.05, 0) is 72.8 Å². The van der Waals surface area contributed by atoms with Crippen molar-refractivity contribution in [3.05, 3.63) is 72.8 Å². The molecule has 3 aromatic rings. The van der Waals surface area contributed by atoms with Crippen molar-refractivity contribution in [2.45, 2.75) is 6.92 Å². The predicted molar refractivity (Wildman–Crippen MR) is 102 cm³/mol. The highest BCUT2D eigenvalue weighted by molar-refractivity contribution is 5.88. The summed E-state index contributed by atoms with van der Waals surface area (Å²) in [4.78, 5) is 11.0. The third-order valence-electron chi connectivity index (χ3n) is 3.53. The second kappa shape index (κ2) is 7.40. The van der Waals surface area contributed by atoms with E-state index in [9.17, 15) is 9.90 Å². The second-order valence-corrected chi connectivity index (χ2v) is 5.63. The van der Waals surface area contributed by atoms with E-state index in [0.717, 1.165) is 28.4 Å². The van der Waals surface area contributed by atoms with Crippen LogP contribution in [0.2, 0.25) is 0 Å². The lowest BCUT2D eigenvalue weighted by Crippen LogP contribution is -2.05. The maximum atomic E-state index is 11.0. The van der Waals surface area contributed by atoms with Crippen LogP contribution in [-0.2, 0) is 4.79 Å². The number of amides is 1. The van der Waals surface area contributed by atoms with Crippen LogP contribution in [0.1, 0.15) is 6.92 Å². The molecule has 4 N–H and O–H groups in total. The quantitative estimate of drug-likeness (QED) is 0.504. The number of carbonyl (C=O) groups excluding carboxylic acids is 1. The standard InChI is InChI=1S/C20H19N3O2/c1-14(24)21-15-2-4-16(5-3-15)22-17-6-8-18(9-7-17)23-19-10-12-20(25)13-11-19/h2-13,22-23,25H,1H3,(H,21,24). The van der Waals surface area contributed by atoms with Crippen molar-refractivity contribution in [3.8, 4) is 5.75 Å². The minimum atomic E-state index is -0.0857. The summed E-state index contributed by atoms with van der Waals surface area (Å²) in [6.45, 7) is 1.49. The average Bonchev–Trinajstić information content (AvgIpc) is 2.60. The third kappa shape index (κ3) is 4.75. The first kappa shape index (κ1) is 16.4. The highest BCUT2D eigenvalue weighted by Gasteiger charge is 1.99. The Morgan fingerprint density at radius 1 is 0.640 bits per heavy atom. The molecule has 25 heavy (non-hydrogen) atoms. The average molecular weight is 333 g/mol. The van der Waals surface area contributed by atoms with Crippen molar-refractivity contribution in [3.63, 3.8) is 0 Å². The molecule has 0 radical (unpaired) electrons. The van der Waals surface area contributed by atoms with Crippen molar-refractivity contribution in [2.24, 2.45) is 0 Å². The maximum absolute atomic E-state index is 11.0. The molecule has 0 atom stereocenters. The summed E-state index contributed by atoms with van der Waals surface area (Å²) >= 11 is 0. The van der Waals surface area contributed by atoms with E-state index >= 15 is 0 Å². The summed E-state index contributed by atoms with van der Waals surface area (Å²) in [6.07, 6.45) is 0. The summed E-state index contributed by atoms with van der Waals surface area (Å²) < 4.78 is 0. The normalized spacial score (nSPS) is 10.1. The second-order valence-electron chi connectivity index (χ2n) is 5.63. The fraction of sp³-hybridized carbons (Fsp3) is 0.0500. The zero-order valence-electron chi connectivity index (χ0n) is 13.8. The molecule has 0 aromatic heterocycles. The zero-order chi connectivity index (χ0) is 17.6. The van der Waals surface area contributed by atoms with Gasteiger partial charge in [0.15, 0.2) is 0 Å². The summed E-state index contributed by atoms with van der Waals surface area (Å²) in [5.74, 6) is 0.159. The number of hydrogen-bond acceptors (Lipinski definition) is 4. The predicted octanol–water partition coefficient (Wildman–Crippen LogP) is 4.84. The van der Waals surface area contributed by atoms with E-state index in [1.807, 2.05) is 60.7 Å². The SMILES string of the molecule is CC(=O)Nc1ccc(Nc2ccc(Nc3ccc(O)cc3)cc2)cc1. The van der Waals surface area contributed by atoms with E-state index < -0.39 is 0 Å². The number of carbonyl (C=O) groups is 1. The molecule has 0 spiro atoms. The molecule has 0 aliphatic carbocycles. The molecule has 0 heterocycles. The Hall–Kier alpha value is -3.47. The van der Waals surface area contributed by atoms with E-state index in [4.69, 9.17) is 0 Å². The molecule has 0 bridgehead atoms. The van der Waals surface area contributed by atoms with Crippen LogP contribution in [-0.4, -0.2) is 11.0 Å². The first-order chi connectivity index (χ1) is 12.1. The molecule has 126 valence electrons. The van der Waals surface area contributed by atoms with E-state index in [0.29, 0.717) is 0 Å². The van der Waals surface area contributed by atoms with Gasteiger partial charge in [-0.2, -0.15) is 0 Å². The smallest absolute Gasteiger partial charge is 0.221 e. The number of hydrogen-bond donors (Lipinski definition) is 4. The van der Waals surface area contributed by atoms with Gasteiger partial charge in [0.2, 0.25) is 5.91 Å². The maximum Gasteiger partial charge on any atom is 0.221 e. The molecule has 0 aliphatic rings. The Balaban J connectivity index is 1.62. The zero-order valence-corrected chi connectivity index (χ0v) is 13.8. The van der Waals surface area contributed by atoms with E-state index in [1.165, 1.54) is 6.92 Å². The van der Waals surface area contributed by atoms with Gasteiger partial charge in [0.25, 0.3) is 0 Å². The Labute approximate surface area is 146 Å². The number of rotatable bonds is 5. The number of anilines is 5. The fourth-order valence-corrected chi connectivity index (χ4v) is 2.36. The number of benzene rings is 3. The number of nitrogens with one attached hydrogen (secondary N) is 3. The minimum Gasteiger partial charge on any atom is -0.508 e. The topological polar surface area (TPSA) is 73.4 Å². The molecule has 0 saturated heterocycles. The Morgan fingerprint density at radius 3 is 1.32 bits per heavy atom. The molecule has 0 saturated carbocycles. The molecule has 3 rings (SSSR count). The van der Waals surface area contributed by atoms with Crippen LogP contribution in [0.25, 0.3) is 0 Å². The third-order valence-corrected chi connectivity index (χ3v) is 3.53. The van der Waals surface area contributed by atoms with Gasteiger partial charge < -0.3 is 21.1 Å². The van der Waals surface area contributed by atoms with E-state index in [-0.39, 0.29) is 11.7 Å². The largest absolute Gasteiger partial charge is 0.508 e. The van der Waals surface area contributed by atoms with Gasteiger partial charge in [0.1, 0.15) is 5.75 Å². The molecule has 5 nitrogen and oxygen atoms in total. The van der Waals surface area contributed by atoms with Crippen LogP contribution < -0.4 is 16.0 Å². The van der Waals surface area contributed by atoms with Crippen LogP contribution in [0.3, 0.4) is 0 Å². The van der Waals surface area contributed by atoms with Gasteiger partial charge in [-0.1, -0.05) is 0 Å². The molecular formula is C20H19N3O2. The number of aromatic hydroxyl groups is 1. The van der Waals surface area contributed by atoms with Crippen molar-refractivity contribution < 1.29 is 9.90 Å². The summed E-state index contributed by atoms with van der Waals surface area (Å²) in [6, 6.07) is 22.3. The van der Waals surface area contributed by atoms with Gasteiger partial charge >= 0.3 is 0 Å². The van der Waals surface area contributed by atoms with Crippen LogP contribution >= 0.6 is 0 Å². The first-order valence-corrected chi connectivity index (χ1v) is 7.89. The lowest BCUT2D eigenvalue weighted by Gasteiger charge is -2.10. The van der Waals surface area contributed by atoms with E-state index in [1.54, 1.807) is 12.1 Å². The van der Waals surface area contributed by atoms with Gasteiger partial charge in [-0.25, -0.2) is 0 Å². The molecule has 0 unspecified atom stereocenters. The van der Waals surface area contributed by atoms with Crippen LogP contribution in [0.4, 0.5) is 28.4 Å². The van der Waals surface area contributed by atoms with Crippen molar-refractivity contribution in [1.29, 1.82) is 0 Å². The molecule has 5 heteroatoms. The molecule has 0 aliphatic heterocycles. The molecule has 3 aromatic carbocycles. The van der Waals surface area contributed by atoms with Crippen molar-refractivity contribution in [2.75, 3.05) is 16.0 Å². The monoisotopic (exact) mass is 333 g/mol. The van der Waals surface area contributed by atoms with Crippen LogP contribution in [0.5, 0.6) is 5.75 Å². The van der Waals surface area contributed by atoms with Crippen molar-refractivity contribution in [1.82, 2.24) is 0 Å². The summed E-state index contributed by atoms with van der Waals surface area (Å²) in [5, 5.41) is 18.6. The van der Waals surface area contributed by atoms with Crippen LogP contribution in [0.15, 0.2) is 72.8 Å². The molecule has 1 amide bonds. The lowest BCUT2D eigenvalue weighted by atomic mass is 10.2. The Morgan fingerprint density at radius 2 is 0.960 bits per heavy atom. The van der Waals surface area contributed by atoms with Crippen LogP contribution in [0, 0.1) is 0 Å². The minimum absolute atomic E-state index is 0.0857. The fourth-order valence-electron chi connectivity index (χ4n) is 2.36. The first-order valence-electron chi connectivity index (χ1n) is 7.89. The van der Waals surface area contributed by atoms with Crippen molar-refractivity contribution >= 4 is 34.3 Å². The summed E-state index contributed by atoms with van der Waals surface area (Å²) in [7, 11) is 0. The van der Waals surface area contributed by atoms with Gasteiger partial charge in [-0.3, -0.25) is 4.79 Å². The van der Waals surface area contributed by atoms with Gasteiger partial charge in [0.05, 0.1) is 0 Å². The highest BCUT2D eigenvalue weighted by atomic mass is 16.3. The summed E-state index contributed by atoms with van der Waals surface area (Å²) in [5.41, 5.74) is 4.53. The Bertz CT molecular complexity index is 842. The molecular weight excluding hydrogens is 314 g/mol. The Kier molecular flexibility index (Phi) is 4.85. The number of phenols is 1.